The van der Waals surface area contributed by atoms with Crippen molar-refractivity contribution in [2.24, 2.45) is 10.9 Å². The first-order valence-electron chi connectivity index (χ1n) is 11.5. The maximum atomic E-state index is 13.7. The molecule has 2 fully saturated rings. The second-order valence-electron chi connectivity index (χ2n) is 9.26. The molecule has 0 radical (unpaired) electrons. The average molecular weight is 482 g/mol. The molecule has 5 rings (SSSR count). The minimum Gasteiger partial charge on any atom is -0.467 e. The van der Waals surface area contributed by atoms with E-state index in [2.05, 4.69) is 4.99 Å². The highest BCUT2D eigenvalue weighted by Gasteiger charge is 2.67. The number of amides is 1. The number of carbonyl (C=O) groups is 4. The largest absolute Gasteiger partial charge is 0.467 e. The number of amidine groups is 1. The van der Waals surface area contributed by atoms with Crippen LogP contribution in [0.2, 0.25) is 0 Å². The molecular formula is C25H27N3O7. The Hall–Kier alpha value is -3.69. The van der Waals surface area contributed by atoms with Gasteiger partial charge in [0.05, 0.1) is 38.4 Å². The van der Waals surface area contributed by atoms with Crippen LogP contribution in [0.3, 0.4) is 0 Å². The summed E-state index contributed by atoms with van der Waals surface area (Å²) < 4.78 is 15.1. The molecule has 1 amide bonds. The van der Waals surface area contributed by atoms with Gasteiger partial charge in [-0.25, -0.2) is 19.4 Å². The average Bonchev–Trinajstić information content (AvgIpc) is 3.32. The molecule has 1 aliphatic carbocycles. The summed E-state index contributed by atoms with van der Waals surface area (Å²) in [4.78, 5) is 60.7. The van der Waals surface area contributed by atoms with Crippen LogP contribution in [0.1, 0.15) is 31.2 Å². The minimum absolute atomic E-state index is 0.0309. The summed E-state index contributed by atoms with van der Waals surface area (Å²) in [5.41, 5.74) is 0.369. The maximum Gasteiger partial charge on any atom is 0.357 e. The standard InChI is InChI=1S/C25H27N3O7/c1-27-15-11-6-5-10-14(15)25-12-16(21(30)33-2)28(20(29)13-8-7-9-13)24(25)26-18(23(32)35-4)17(19(25)27)22(31)34-3/h5-6,10-11,13,16,19H,7-9,12H2,1-4H3/t16?,19?,25-/m0/s1. The fourth-order valence-corrected chi connectivity index (χ4v) is 5.98. The molecule has 35 heavy (non-hydrogen) atoms. The molecule has 0 N–H and O–H groups in total. The monoisotopic (exact) mass is 481 g/mol. The molecule has 1 aromatic rings. The molecule has 3 atom stereocenters. The van der Waals surface area contributed by atoms with Gasteiger partial charge in [0, 0.05) is 18.7 Å². The van der Waals surface area contributed by atoms with Crippen LogP contribution in [0.5, 0.6) is 0 Å². The molecule has 3 heterocycles. The van der Waals surface area contributed by atoms with Gasteiger partial charge in [-0.2, -0.15) is 0 Å². The van der Waals surface area contributed by atoms with E-state index in [1.54, 1.807) is 0 Å². The van der Waals surface area contributed by atoms with Crippen molar-refractivity contribution in [3.8, 4) is 0 Å². The van der Waals surface area contributed by atoms with Crippen molar-refractivity contribution < 1.29 is 33.4 Å². The summed E-state index contributed by atoms with van der Waals surface area (Å²) in [6.07, 6.45) is 2.52. The fourth-order valence-electron chi connectivity index (χ4n) is 5.98. The summed E-state index contributed by atoms with van der Waals surface area (Å²) in [7, 11) is 5.52. The minimum atomic E-state index is -1.05. The lowest BCUT2D eigenvalue weighted by Gasteiger charge is -2.40. The molecule has 10 nitrogen and oxygen atoms in total. The number of para-hydroxylation sites is 1. The third-order valence-corrected chi connectivity index (χ3v) is 7.77. The quantitative estimate of drug-likeness (QED) is 0.467. The Morgan fingerprint density at radius 2 is 1.69 bits per heavy atom. The number of hydrogen-bond donors (Lipinski definition) is 0. The Kier molecular flexibility index (Phi) is 5.41. The van der Waals surface area contributed by atoms with Crippen LogP contribution in [0.4, 0.5) is 5.69 Å². The normalized spacial score (nSPS) is 26.8. The van der Waals surface area contributed by atoms with E-state index in [1.165, 1.54) is 26.2 Å². The highest BCUT2D eigenvalue weighted by atomic mass is 16.5. The van der Waals surface area contributed by atoms with Crippen molar-refractivity contribution >= 4 is 35.3 Å². The van der Waals surface area contributed by atoms with Crippen LogP contribution in [0.25, 0.3) is 0 Å². The molecule has 0 bridgehead atoms. The van der Waals surface area contributed by atoms with Gasteiger partial charge in [-0.3, -0.25) is 9.69 Å². The third kappa shape index (κ3) is 2.98. The number of carbonyl (C=O) groups excluding carboxylic acids is 4. The zero-order valence-corrected chi connectivity index (χ0v) is 20.1. The Labute approximate surface area is 202 Å². The van der Waals surface area contributed by atoms with Crippen molar-refractivity contribution in [2.45, 2.75) is 43.2 Å². The SMILES string of the molecule is COC(=O)C1=C(C(=O)OC)C2N(C)c3ccccc3[C@@]23CC(C(=O)OC)N(C(=O)C2CCC2)C3=N1. The van der Waals surface area contributed by atoms with Gasteiger partial charge in [0.2, 0.25) is 5.91 Å². The van der Waals surface area contributed by atoms with Gasteiger partial charge in [0.1, 0.15) is 11.9 Å². The van der Waals surface area contributed by atoms with E-state index >= 15 is 0 Å². The Morgan fingerprint density at radius 3 is 2.29 bits per heavy atom. The molecule has 2 unspecified atom stereocenters. The van der Waals surface area contributed by atoms with Gasteiger partial charge >= 0.3 is 17.9 Å². The Morgan fingerprint density at radius 1 is 1.00 bits per heavy atom. The van der Waals surface area contributed by atoms with Gasteiger partial charge in [-0.05, 0) is 30.9 Å². The van der Waals surface area contributed by atoms with E-state index in [-0.39, 0.29) is 35.4 Å². The molecule has 1 aromatic carbocycles. The number of likely N-dealkylation sites (tertiary alicyclic amines) is 1. The number of benzene rings is 1. The highest BCUT2D eigenvalue weighted by Crippen LogP contribution is 2.57. The van der Waals surface area contributed by atoms with Crippen LogP contribution >= 0.6 is 0 Å². The number of likely N-dealkylation sites (N-methyl/N-ethyl adjacent to an activating group) is 1. The molecule has 3 aliphatic heterocycles. The molecule has 1 saturated carbocycles. The number of methoxy groups -OCH3 is 3. The lowest BCUT2D eigenvalue weighted by Crippen LogP contribution is -2.56. The first-order chi connectivity index (χ1) is 16.8. The predicted octanol–water partition coefficient (Wildman–Crippen LogP) is 1.33. The van der Waals surface area contributed by atoms with Gasteiger partial charge in [0.15, 0.2) is 5.70 Å². The highest BCUT2D eigenvalue weighted by molar-refractivity contribution is 6.17. The van der Waals surface area contributed by atoms with E-state index in [4.69, 9.17) is 14.2 Å². The van der Waals surface area contributed by atoms with Crippen molar-refractivity contribution in [2.75, 3.05) is 33.3 Å². The molecule has 4 aliphatic rings. The summed E-state index contributed by atoms with van der Waals surface area (Å²) in [6.45, 7) is 0. The van der Waals surface area contributed by atoms with Gasteiger partial charge in [0.25, 0.3) is 0 Å². The second kappa shape index (κ2) is 8.21. The van der Waals surface area contributed by atoms with Gasteiger partial charge in [-0.15, -0.1) is 0 Å². The number of anilines is 1. The molecule has 184 valence electrons. The number of fused-ring (bicyclic) bond motifs is 1. The van der Waals surface area contributed by atoms with Crippen LogP contribution in [-0.2, 0) is 38.8 Å². The number of aliphatic imine (C=N–C) groups is 1. The predicted molar refractivity (Wildman–Crippen MR) is 123 cm³/mol. The number of esters is 3. The van der Waals surface area contributed by atoms with Crippen LogP contribution in [0, 0.1) is 5.92 Å². The molecular weight excluding hydrogens is 454 g/mol. The Bertz CT molecular complexity index is 1200. The van der Waals surface area contributed by atoms with Crippen molar-refractivity contribution in [3.63, 3.8) is 0 Å². The van der Waals surface area contributed by atoms with E-state index < -0.39 is 35.4 Å². The van der Waals surface area contributed by atoms with Crippen LogP contribution < -0.4 is 4.90 Å². The first-order valence-corrected chi connectivity index (χ1v) is 11.5. The smallest absolute Gasteiger partial charge is 0.357 e. The second-order valence-corrected chi connectivity index (χ2v) is 9.26. The summed E-state index contributed by atoms with van der Waals surface area (Å²) >= 11 is 0. The molecule has 0 aromatic heterocycles. The van der Waals surface area contributed by atoms with E-state index in [1.807, 2.05) is 36.2 Å². The number of ether oxygens (including phenoxy) is 3. The van der Waals surface area contributed by atoms with E-state index in [0.29, 0.717) is 0 Å². The number of rotatable bonds is 4. The van der Waals surface area contributed by atoms with E-state index in [0.717, 1.165) is 30.5 Å². The van der Waals surface area contributed by atoms with Gasteiger partial charge in [-0.1, -0.05) is 24.6 Å². The molecule has 10 heteroatoms. The summed E-state index contributed by atoms with van der Waals surface area (Å²) in [6, 6.07) is 5.83. The number of hydrogen-bond acceptors (Lipinski definition) is 9. The fraction of sp³-hybridized carbons (Fsp3) is 0.480. The molecule has 1 spiro atoms. The lowest BCUT2D eigenvalue weighted by molar-refractivity contribution is -0.151. The zero-order chi connectivity index (χ0) is 25.1. The zero-order valence-electron chi connectivity index (χ0n) is 20.1. The summed E-state index contributed by atoms with van der Waals surface area (Å²) in [5, 5.41) is 0. The topological polar surface area (TPSA) is 115 Å². The van der Waals surface area contributed by atoms with Crippen molar-refractivity contribution in [3.05, 3.63) is 41.1 Å². The van der Waals surface area contributed by atoms with E-state index in [9.17, 15) is 19.2 Å². The molecule has 1 saturated heterocycles. The van der Waals surface area contributed by atoms with Crippen LogP contribution in [0.15, 0.2) is 40.5 Å². The lowest BCUT2D eigenvalue weighted by atomic mass is 9.69. The third-order valence-electron chi connectivity index (χ3n) is 7.77. The van der Waals surface area contributed by atoms with Gasteiger partial charge < -0.3 is 19.1 Å². The first kappa shape index (κ1) is 23.1. The summed E-state index contributed by atoms with van der Waals surface area (Å²) in [5.74, 6) is -2.32. The Balaban J connectivity index is 1.82. The van der Waals surface area contributed by atoms with Crippen molar-refractivity contribution in [1.82, 2.24) is 4.90 Å². The maximum absolute atomic E-state index is 13.7. The van der Waals surface area contributed by atoms with Crippen LogP contribution in [-0.4, -0.2) is 75.0 Å². The number of nitrogens with zero attached hydrogens (tertiary/aromatic N) is 3. The van der Waals surface area contributed by atoms with Crippen molar-refractivity contribution in [1.29, 1.82) is 0 Å².